The number of ether oxygens (including phenoxy) is 3. The molecule has 3 rings (SSSR count). The van der Waals surface area contributed by atoms with Gasteiger partial charge in [0.1, 0.15) is 0 Å². The van der Waals surface area contributed by atoms with E-state index in [-0.39, 0.29) is 18.2 Å². The standard InChI is InChI=1S/C22H27N3O5/c1-25-18(26)13-16(22(27)24-12-10-14-7-5-6-11-23-14)19(25)15-8-9-17(28-2)21(30-4)20(15)29-3/h5-9,11,16,19H,10,12-13H2,1-4H3,(H,24,27)/t16-,19+/m1/s1. The zero-order valence-electron chi connectivity index (χ0n) is 17.7. The molecule has 1 saturated heterocycles. The van der Waals surface area contributed by atoms with Gasteiger partial charge in [0, 0.05) is 43.9 Å². The number of amides is 2. The van der Waals surface area contributed by atoms with Gasteiger partial charge in [-0.2, -0.15) is 0 Å². The molecule has 1 aliphatic rings. The molecule has 2 aromatic rings. The Labute approximate surface area is 176 Å². The van der Waals surface area contributed by atoms with Gasteiger partial charge < -0.3 is 24.4 Å². The highest BCUT2D eigenvalue weighted by atomic mass is 16.5. The smallest absolute Gasteiger partial charge is 0.226 e. The Balaban J connectivity index is 1.83. The van der Waals surface area contributed by atoms with E-state index in [1.165, 1.54) is 14.2 Å². The first-order valence-electron chi connectivity index (χ1n) is 9.74. The second-order valence-corrected chi connectivity index (χ2v) is 7.05. The number of rotatable bonds is 8. The molecule has 2 amide bonds. The molecule has 160 valence electrons. The predicted octanol–water partition coefficient (Wildman–Crippen LogP) is 1.99. The minimum absolute atomic E-state index is 0.0956. The lowest BCUT2D eigenvalue weighted by molar-refractivity contribution is -0.128. The third kappa shape index (κ3) is 4.17. The van der Waals surface area contributed by atoms with Crippen molar-refractivity contribution in [1.82, 2.24) is 15.2 Å². The van der Waals surface area contributed by atoms with Gasteiger partial charge in [-0.15, -0.1) is 0 Å². The maximum Gasteiger partial charge on any atom is 0.226 e. The lowest BCUT2D eigenvalue weighted by Crippen LogP contribution is -2.35. The predicted molar refractivity (Wildman–Crippen MR) is 111 cm³/mol. The first kappa shape index (κ1) is 21.4. The topological polar surface area (TPSA) is 90.0 Å². The van der Waals surface area contributed by atoms with Crippen molar-refractivity contribution in [2.24, 2.45) is 5.92 Å². The summed E-state index contributed by atoms with van der Waals surface area (Å²) in [5.41, 5.74) is 1.60. The van der Waals surface area contributed by atoms with Crippen molar-refractivity contribution in [2.75, 3.05) is 34.9 Å². The van der Waals surface area contributed by atoms with E-state index >= 15 is 0 Å². The van der Waals surface area contributed by atoms with E-state index in [2.05, 4.69) is 10.3 Å². The molecule has 0 radical (unpaired) electrons. The summed E-state index contributed by atoms with van der Waals surface area (Å²) in [5, 5.41) is 2.95. The molecule has 0 unspecified atom stereocenters. The summed E-state index contributed by atoms with van der Waals surface area (Å²) >= 11 is 0. The minimum Gasteiger partial charge on any atom is -0.493 e. The first-order valence-corrected chi connectivity index (χ1v) is 9.74. The summed E-state index contributed by atoms with van der Waals surface area (Å²) in [7, 11) is 6.29. The summed E-state index contributed by atoms with van der Waals surface area (Å²) in [4.78, 5) is 31.3. The quantitative estimate of drug-likeness (QED) is 0.712. The van der Waals surface area contributed by atoms with Crippen molar-refractivity contribution < 1.29 is 23.8 Å². The Kier molecular flexibility index (Phi) is 6.76. The summed E-state index contributed by atoms with van der Waals surface area (Å²) in [6, 6.07) is 8.77. The maximum atomic E-state index is 13.0. The van der Waals surface area contributed by atoms with E-state index in [1.54, 1.807) is 31.3 Å². The molecule has 8 nitrogen and oxygen atoms in total. The Bertz CT molecular complexity index is 903. The molecular weight excluding hydrogens is 386 g/mol. The number of methoxy groups -OCH3 is 3. The Morgan fingerprint density at radius 3 is 2.53 bits per heavy atom. The van der Waals surface area contributed by atoms with Crippen LogP contribution in [0, 0.1) is 5.92 Å². The fourth-order valence-electron chi connectivity index (χ4n) is 3.88. The molecule has 0 bridgehead atoms. The summed E-state index contributed by atoms with van der Waals surface area (Å²) in [6.45, 7) is 0.444. The number of hydrogen-bond acceptors (Lipinski definition) is 6. The van der Waals surface area contributed by atoms with Crippen LogP contribution in [0.15, 0.2) is 36.5 Å². The van der Waals surface area contributed by atoms with Gasteiger partial charge in [-0.25, -0.2) is 0 Å². The largest absolute Gasteiger partial charge is 0.493 e. The highest BCUT2D eigenvalue weighted by molar-refractivity contribution is 5.90. The average Bonchev–Trinajstić information content (AvgIpc) is 3.07. The SMILES string of the molecule is COc1ccc([C@H]2[C@H](C(=O)NCCc3ccccn3)CC(=O)N2C)c(OC)c1OC. The van der Waals surface area contributed by atoms with Crippen LogP contribution in [-0.4, -0.2) is 56.6 Å². The van der Waals surface area contributed by atoms with Gasteiger partial charge >= 0.3 is 0 Å². The molecular formula is C22H27N3O5. The van der Waals surface area contributed by atoms with Gasteiger partial charge in [0.2, 0.25) is 17.6 Å². The number of aromatic nitrogens is 1. The first-order chi connectivity index (χ1) is 14.5. The number of benzene rings is 1. The van der Waals surface area contributed by atoms with Crippen molar-refractivity contribution in [2.45, 2.75) is 18.9 Å². The number of pyridine rings is 1. The molecule has 1 aromatic carbocycles. The zero-order chi connectivity index (χ0) is 21.7. The van der Waals surface area contributed by atoms with Crippen LogP contribution in [-0.2, 0) is 16.0 Å². The summed E-state index contributed by atoms with van der Waals surface area (Å²) in [6.07, 6.45) is 2.47. The Morgan fingerprint density at radius 2 is 1.90 bits per heavy atom. The zero-order valence-corrected chi connectivity index (χ0v) is 17.7. The molecule has 1 aromatic heterocycles. The van der Waals surface area contributed by atoms with Crippen LogP contribution in [0.3, 0.4) is 0 Å². The second-order valence-electron chi connectivity index (χ2n) is 7.05. The molecule has 30 heavy (non-hydrogen) atoms. The lowest BCUT2D eigenvalue weighted by atomic mass is 9.91. The van der Waals surface area contributed by atoms with Crippen LogP contribution in [0.5, 0.6) is 17.2 Å². The van der Waals surface area contributed by atoms with Crippen molar-refractivity contribution in [3.63, 3.8) is 0 Å². The molecule has 0 saturated carbocycles. The van der Waals surface area contributed by atoms with E-state index in [0.29, 0.717) is 35.8 Å². The van der Waals surface area contributed by atoms with Crippen LogP contribution < -0.4 is 19.5 Å². The van der Waals surface area contributed by atoms with Crippen LogP contribution in [0.25, 0.3) is 0 Å². The Morgan fingerprint density at radius 1 is 1.13 bits per heavy atom. The average molecular weight is 413 g/mol. The highest BCUT2D eigenvalue weighted by Crippen LogP contribution is 2.47. The Hall–Kier alpha value is -3.29. The van der Waals surface area contributed by atoms with Crippen molar-refractivity contribution in [3.8, 4) is 17.2 Å². The summed E-state index contributed by atoms with van der Waals surface area (Å²) < 4.78 is 16.4. The van der Waals surface area contributed by atoms with Crippen LogP contribution >= 0.6 is 0 Å². The number of nitrogens with zero attached hydrogens (tertiary/aromatic N) is 2. The van der Waals surface area contributed by atoms with Gasteiger partial charge in [-0.05, 0) is 24.3 Å². The molecule has 1 N–H and O–H groups in total. The maximum absolute atomic E-state index is 13.0. The number of likely N-dealkylation sites (tertiary alicyclic amines) is 1. The second kappa shape index (κ2) is 9.47. The van der Waals surface area contributed by atoms with Crippen LogP contribution in [0.1, 0.15) is 23.7 Å². The highest BCUT2D eigenvalue weighted by Gasteiger charge is 2.44. The van der Waals surface area contributed by atoms with E-state index < -0.39 is 12.0 Å². The van der Waals surface area contributed by atoms with Gasteiger partial charge in [0.05, 0.1) is 33.3 Å². The number of carbonyl (C=O) groups is 2. The normalized spacial score (nSPS) is 18.3. The monoisotopic (exact) mass is 413 g/mol. The van der Waals surface area contributed by atoms with Crippen LogP contribution in [0.4, 0.5) is 0 Å². The third-order valence-electron chi connectivity index (χ3n) is 5.38. The van der Waals surface area contributed by atoms with Crippen molar-refractivity contribution in [3.05, 3.63) is 47.8 Å². The van der Waals surface area contributed by atoms with Gasteiger partial charge in [0.15, 0.2) is 11.5 Å². The molecule has 2 heterocycles. The molecule has 2 atom stereocenters. The number of nitrogens with one attached hydrogen (secondary N) is 1. The third-order valence-corrected chi connectivity index (χ3v) is 5.38. The molecule has 8 heteroatoms. The molecule has 0 aliphatic carbocycles. The number of carbonyl (C=O) groups excluding carboxylic acids is 2. The van der Waals surface area contributed by atoms with Gasteiger partial charge in [-0.1, -0.05) is 6.07 Å². The fraction of sp³-hybridized carbons (Fsp3) is 0.409. The lowest BCUT2D eigenvalue weighted by Gasteiger charge is -2.27. The summed E-state index contributed by atoms with van der Waals surface area (Å²) in [5.74, 6) is 0.584. The molecule has 1 aliphatic heterocycles. The van der Waals surface area contributed by atoms with E-state index in [9.17, 15) is 9.59 Å². The van der Waals surface area contributed by atoms with E-state index in [0.717, 1.165) is 5.69 Å². The van der Waals surface area contributed by atoms with Crippen molar-refractivity contribution in [1.29, 1.82) is 0 Å². The molecule has 0 spiro atoms. The minimum atomic E-state index is -0.543. The van der Waals surface area contributed by atoms with Gasteiger partial charge in [0.25, 0.3) is 0 Å². The van der Waals surface area contributed by atoms with E-state index in [1.807, 2.05) is 24.3 Å². The fourth-order valence-corrected chi connectivity index (χ4v) is 3.88. The van der Waals surface area contributed by atoms with Crippen molar-refractivity contribution >= 4 is 11.8 Å². The molecule has 1 fully saturated rings. The van der Waals surface area contributed by atoms with E-state index in [4.69, 9.17) is 14.2 Å². The number of hydrogen-bond donors (Lipinski definition) is 1. The van der Waals surface area contributed by atoms with Crippen LogP contribution in [0.2, 0.25) is 0 Å². The van der Waals surface area contributed by atoms with Gasteiger partial charge in [-0.3, -0.25) is 14.6 Å².